The molecule has 108 valence electrons. The normalized spacial score (nSPS) is 22.1. The number of anilines is 1. The zero-order chi connectivity index (χ0) is 14.5. The van der Waals surface area contributed by atoms with Crippen molar-refractivity contribution in [2.45, 2.75) is 38.6 Å². The minimum Gasteiger partial charge on any atom is -0.478 e. The number of aromatic carboxylic acids is 1. The molecule has 1 saturated carbocycles. The fourth-order valence-electron chi connectivity index (χ4n) is 2.53. The van der Waals surface area contributed by atoms with E-state index in [0.29, 0.717) is 5.69 Å². The van der Waals surface area contributed by atoms with Gasteiger partial charge in [-0.3, -0.25) is 0 Å². The van der Waals surface area contributed by atoms with Crippen LogP contribution < -0.4 is 10.6 Å². The van der Waals surface area contributed by atoms with Gasteiger partial charge in [-0.2, -0.15) is 0 Å². The van der Waals surface area contributed by atoms with Crippen LogP contribution in [-0.2, 0) is 0 Å². The van der Waals surface area contributed by atoms with Gasteiger partial charge in [-0.05, 0) is 43.7 Å². The number of urea groups is 1. The maximum atomic E-state index is 11.9. The van der Waals surface area contributed by atoms with Crippen molar-refractivity contribution in [1.29, 1.82) is 0 Å². The van der Waals surface area contributed by atoms with Crippen LogP contribution in [0.2, 0.25) is 0 Å². The number of rotatable bonds is 3. The highest BCUT2D eigenvalue weighted by Crippen LogP contribution is 2.23. The Morgan fingerprint density at radius 2 is 1.80 bits per heavy atom. The lowest BCUT2D eigenvalue weighted by molar-refractivity contribution is 0.0698. The molecule has 2 amide bonds. The van der Waals surface area contributed by atoms with Crippen molar-refractivity contribution in [2.24, 2.45) is 5.92 Å². The lowest BCUT2D eigenvalue weighted by Crippen LogP contribution is -2.40. The molecule has 1 aromatic rings. The molecule has 1 aliphatic rings. The second-order valence-electron chi connectivity index (χ2n) is 5.41. The van der Waals surface area contributed by atoms with Gasteiger partial charge < -0.3 is 15.7 Å². The number of hydrogen-bond donors (Lipinski definition) is 3. The average Bonchev–Trinajstić information content (AvgIpc) is 2.41. The number of carbonyl (C=O) groups excluding carboxylic acids is 1. The van der Waals surface area contributed by atoms with E-state index in [1.807, 2.05) is 0 Å². The summed E-state index contributed by atoms with van der Waals surface area (Å²) < 4.78 is 0. The van der Waals surface area contributed by atoms with E-state index in [2.05, 4.69) is 17.6 Å². The van der Waals surface area contributed by atoms with Crippen LogP contribution in [0.4, 0.5) is 10.5 Å². The van der Waals surface area contributed by atoms with Gasteiger partial charge in [0.2, 0.25) is 0 Å². The summed E-state index contributed by atoms with van der Waals surface area (Å²) in [5.74, 6) is -0.323. The van der Waals surface area contributed by atoms with Crippen molar-refractivity contribution in [3.63, 3.8) is 0 Å². The predicted octanol–water partition coefficient (Wildman–Crippen LogP) is 3.09. The smallest absolute Gasteiger partial charge is 0.337 e. The van der Waals surface area contributed by atoms with Crippen molar-refractivity contribution in [2.75, 3.05) is 5.32 Å². The van der Waals surface area contributed by atoms with Crippen LogP contribution in [0.3, 0.4) is 0 Å². The van der Waals surface area contributed by atoms with E-state index in [0.717, 1.165) is 31.6 Å². The molecular formula is C15H20N2O3. The summed E-state index contributed by atoms with van der Waals surface area (Å²) in [6.45, 7) is 2.22. The zero-order valence-corrected chi connectivity index (χ0v) is 11.6. The van der Waals surface area contributed by atoms with Gasteiger partial charge in [0.25, 0.3) is 0 Å². The number of hydrogen-bond acceptors (Lipinski definition) is 2. The quantitative estimate of drug-likeness (QED) is 0.793. The molecule has 1 aliphatic carbocycles. The molecule has 0 spiro atoms. The lowest BCUT2D eigenvalue weighted by atomic mass is 9.87. The molecule has 1 aromatic carbocycles. The van der Waals surface area contributed by atoms with Crippen LogP contribution >= 0.6 is 0 Å². The average molecular weight is 276 g/mol. The largest absolute Gasteiger partial charge is 0.478 e. The fourth-order valence-corrected chi connectivity index (χ4v) is 2.53. The Labute approximate surface area is 118 Å². The van der Waals surface area contributed by atoms with Gasteiger partial charge in [-0.15, -0.1) is 0 Å². The summed E-state index contributed by atoms with van der Waals surface area (Å²) in [5.41, 5.74) is 0.418. The summed E-state index contributed by atoms with van der Waals surface area (Å²) in [6, 6.07) is 6.24. The third kappa shape index (κ3) is 3.73. The number of carboxylic acid groups (broad SMARTS) is 1. The van der Waals surface area contributed by atoms with Crippen LogP contribution in [0.15, 0.2) is 24.3 Å². The third-order valence-corrected chi connectivity index (χ3v) is 3.76. The van der Waals surface area contributed by atoms with E-state index in [1.54, 1.807) is 18.2 Å². The Morgan fingerprint density at radius 1 is 1.15 bits per heavy atom. The molecule has 1 fully saturated rings. The highest BCUT2D eigenvalue weighted by molar-refractivity contribution is 5.99. The summed E-state index contributed by atoms with van der Waals surface area (Å²) in [6.07, 6.45) is 4.21. The highest BCUT2D eigenvalue weighted by atomic mass is 16.4. The standard InChI is InChI=1S/C15H20N2O3/c1-10-6-8-11(9-7-10)16-15(20)17-13-5-3-2-4-12(13)14(18)19/h2-5,10-11H,6-9H2,1H3,(H,18,19)(H2,16,17,20). The molecule has 0 saturated heterocycles. The first-order chi connectivity index (χ1) is 9.56. The van der Waals surface area contributed by atoms with Crippen molar-refractivity contribution in [1.82, 2.24) is 5.32 Å². The third-order valence-electron chi connectivity index (χ3n) is 3.76. The Balaban J connectivity index is 1.93. The number of carbonyl (C=O) groups is 2. The molecule has 0 aromatic heterocycles. The van der Waals surface area contributed by atoms with Gasteiger partial charge in [0, 0.05) is 6.04 Å². The molecule has 0 bridgehead atoms. The van der Waals surface area contributed by atoms with Crippen molar-refractivity contribution in [3.8, 4) is 0 Å². The first-order valence-corrected chi connectivity index (χ1v) is 6.96. The van der Waals surface area contributed by atoms with Crippen LogP contribution in [0.25, 0.3) is 0 Å². The van der Waals surface area contributed by atoms with Gasteiger partial charge in [0.05, 0.1) is 11.3 Å². The molecule has 20 heavy (non-hydrogen) atoms. The molecule has 0 radical (unpaired) electrons. The van der Waals surface area contributed by atoms with E-state index < -0.39 is 5.97 Å². The second-order valence-corrected chi connectivity index (χ2v) is 5.41. The molecule has 0 aliphatic heterocycles. The van der Waals surface area contributed by atoms with E-state index >= 15 is 0 Å². The molecule has 0 heterocycles. The number of amides is 2. The summed E-state index contributed by atoms with van der Waals surface area (Å²) >= 11 is 0. The fraction of sp³-hybridized carbons (Fsp3) is 0.467. The first-order valence-electron chi connectivity index (χ1n) is 6.96. The minimum atomic E-state index is -1.05. The topological polar surface area (TPSA) is 78.4 Å². The van der Waals surface area contributed by atoms with Crippen LogP contribution in [0.1, 0.15) is 43.0 Å². The van der Waals surface area contributed by atoms with Gasteiger partial charge >= 0.3 is 12.0 Å². The molecule has 2 rings (SSSR count). The van der Waals surface area contributed by atoms with Crippen LogP contribution in [0, 0.1) is 5.92 Å². The lowest BCUT2D eigenvalue weighted by Gasteiger charge is -2.27. The summed E-state index contributed by atoms with van der Waals surface area (Å²) in [5, 5.41) is 14.6. The molecule has 5 heteroatoms. The number of carboxylic acids is 1. The number of para-hydroxylation sites is 1. The van der Waals surface area contributed by atoms with Crippen LogP contribution in [-0.4, -0.2) is 23.1 Å². The summed E-state index contributed by atoms with van der Waals surface area (Å²) in [4.78, 5) is 23.0. The van der Waals surface area contributed by atoms with Gasteiger partial charge in [0.1, 0.15) is 0 Å². The van der Waals surface area contributed by atoms with Crippen molar-refractivity contribution >= 4 is 17.7 Å². The monoisotopic (exact) mass is 276 g/mol. The van der Waals surface area contributed by atoms with E-state index in [-0.39, 0.29) is 17.6 Å². The molecule has 5 nitrogen and oxygen atoms in total. The number of nitrogens with one attached hydrogen (secondary N) is 2. The van der Waals surface area contributed by atoms with Gasteiger partial charge in [-0.1, -0.05) is 19.1 Å². The van der Waals surface area contributed by atoms with Gasteiger partial charge in [0.15, 0.2) is 0 Å². The Morgan fingerprint density at radius 3 is 2.45 bits per heavy atom. The maximum absolute atomic E-state index is 11.9. The van der Waals surface area contributed by atoms with Crippen molar-refractivity contribution in [3.05, 3.63) is 29.8 Å². The summed E-state index contributed by atoms with van der Waals surface area (Å²) in [7, 11) is 0. The Kier molecular flexibility index (Phi) is 4.61. The van der Waals surface area contributed by atoms with Gasteiger partial charge in [-0.25, -0.2) is 9.59 Å². The predicted molar refractivity (Wildman–Crippen MR) is 77.0 cm³/mol. The molecular weight excluding hydrogens is 256 g/mol. The minimum absolute atomic E-state index is 0.0971. The number of benzene rings is 1. The highest BCUT2D eigenvalue weighted by Gasteiger charge is 2.20. The molecule has 0 unspecified atom stereocenters. The molecule has 0 atom stereocenters. The zero-order valence-electron chi connectivity index (χ0n) is 11.6. The van der Waals surface area contributed by atoms with E-state index in [9.17, 15) is 9.59 Å². The molecule has 3 N–H and O–H groups in total. The SMILES string of the molecule is CC1CCC(NC(=O)Nc2ccccc2C(=O)O)CC1. The second kappa shape index (κ2) is 6.41. The van der Waals surface area contributed by atoms with Crippen molar-refractivity contribution < 1.29 is 14.7 Å². The van der Waals surface area contributed by atoms with E-state index in [1.165, 1.54) is 6.07 Å². The Hall–Kier alpha value is -2.04. The first kappa shape index (κ1) is 14.4. The maximum Gasteiger partial charge on any atom is 0.337 e. The van der Waals surface area contributed by atoms with Crippen LogP contribution in [0.5, 0.6) is 0 Å². The Bertz CT molecular complexity index is 494. The van der Waals surface area contributed by atoms with E-state index in [4.69, 9.17) is 5.11 Å².